The summed E-state index contributed by atoms with van der Waals surface area (Å²) in [6.07, 6.45) is 0. The minimum atomic E-state index is -4.20. The molecule has 1 aromatic heterocycles. The van der Waals surface area contributed by atoms with Crippen LogP contribution in [0.25, 0.3) is 0 Å². The summed E-state index contributed by atoms with van der Waals surface area (Å²) in [5.41, 5.74) is 1.77. The number of aromatic nitrogens is 2. The summed E-state index contributed by atoms with van der Waals surface area (Å²) >= 11 is 7.25. The molecule has 0 fully saturated rings. The molecule has 0 bridgehead atoms. The molecule has 1 heterocycles. The molecule has 2 N–H and O–H groups in total. The fourth-order valence-electron chi connectivity index (χ4n) is 2.44. The molecule has 10 nitrogen and oxygen atoms in total. The Hall–Kier alpha value is -3.22. The van der Waals surface area contributed by atoms with E-state index in [0.717, 1.165) is 17.4 Å². The van der Waals surface area contributed by atoms with Gasteiger partial charge in [-0.1, -0.05) is 35.1 Å². The number of nitrogens with one attached hydrogen (secondary N) is 2. The number of carbonyl (C=O) groups excluding carboxylic acids is 2. The van der Waals surface area contributed by atoms with E-state index >= 15 is 0 Å². The summed E-state index contributed by atoms with van der Waals surface area (Å²) in [6, 6.07) is 7.69. The normalized spacial score (nSPS) is 11.0. The van der Waals surface area contributed by atoms with Gasteiger partial charge in [-0.3, -0.25) is 14.8 Å². The lowest BCUT2D eigenvalue weighted by atomic mass is 10.2. The number of aryl methyl sites for hydroxylation is 1. The number of sulfonamides is 1. The van der Waals surface area contributed by atoms with Gasteiger partial charge in [0.25, 0.3) is 15.9 Å². The van der Waals surface area contributed by atoms with Gasteiger partial charge in [-0.15, -0.1) is 10.2 Å². The van der Waals surface area contributed by atoms with E-state index in [1.54, 1.807) is 6.92 Å². The van der Waals surface area contributed by atoms with Gasteiger partial charge in [0.1, 0.15) is 16.2 Å². The Morgan fingerprint density at radius 1 is 1.26 bits per heavy atom. The van der Waals surface area contributed by atoms with Gasteiger partial charge in [0.05, 0.1) is 11.0 Å². The van der Waals surface area contributed by atoms with Crippen LogP contribution in [0, 0.1) is 6.92 Å². The minimum Gasteiger partial charge on any atom is -0.545 e. The minimum absolute atomic E-state index is 0.0113. The molecule has 0 saturated carbocycles. The first kappa shape index (κ1) is 22.5. The predicted octanol–water partition coefficient (Wildman–Crippen LogP) is 1.68. The predicted molar refractivity (Wildman–Crippen MR) is 112 cm³/mol. The van der Waals surface area contributed by atoms with E-state index in [4.69, 9.17) is 16.3 Å². The zero-order valence-electron chi connectivity index (χ0n) is 15.8. The molecule has 0 spiro atoms. The first-order valence-electron chi connectivity index (χ1n) is 8.49. The van der Waals surface area contributed by atoms with Crippen molar-refractivity contribution < 1.29 is 27.9 Å². The van der Waals surface area contributed by atoms with Crippen molar-refractivity contribution in [1.82, 2.24) is 10.2 Å². The van der Waals surface area contributed by atoms with Gasteiger partial charge in [0.15, 0.2) is 6.61 Å². The first-order valence-corrected chi connectivity index (χ1v) is 11.2. The molecule has 0 saturated heterocycles. The fourth-order valence-corrected chi connectivity index (χ4v) is 4.55. The van der Waals surface area contributed by atoms with E-state index < -0.39 is 28.5 Å². The number of carbonyl (C=O) groups is 2. The first-order chi connectivity index (χ1) is 14.7. The molecule has 0 atom stereocenters. The largest absolute Gasteiger partial charge is 0.545 e. The third kappa shape index (κ3) is 5.69. The second-order valence-electron chi connectivity index (χ2n) is 6.10. The molecule has 13 heteroatoms. The highest BCUT2D eigenvalue weighted by Gasteiger charge is 2.21. The molecule has 2 aromatic carbocycles. The summed E-state index contributed by atoms with van der Waals surface area (Å²) in [4.78, 5) is 22.6. The Bertz CT molecular complexity index is 1230. The number of ether oxygens (including phenoxy) is 1. The lowest BCUT2D eigenvalue weighted by Crippen LogP contribution is -2.22. The Kier molecular flexibility index (Phi) is 6.73. The van der Waals surface area contributed by atoms with E-state index in [1.165, 1.54) is 35.8 Å². The number of anilines is 2. The fraction of sp³-hybridized carbons (Fsp3) is 0.111. The Balaban J connectivity index is 1.79. The molecule has 0 unspecified atom stereocenters. The highest BCUT2D eigenvalue weighted by molar-refractivity contribution is 7.92. The number of carboxylic acids is 1. The van der Waals surface area contributed by atoms with E-state index in [1.807, 2.05) is 0 Å². The van der Waals surface area contributed by atoms with Gasteiger partial charge in [-0.2, -0.15) is 0 Å². The maximum Gasteiger partial charge on any atom is 0.264 e. The third-order valence-corrected chi connectivity index (χ3v) is 6.29. The molecule has 1 amide bonds. The number of hydrogen-bond donors (Lipinski definition) is 2. The van der Waals surface area contributed by atoms with Crippen LogP contribution in [0.5, 0.6) is 5.75 Å². The molecule has 162 valence electrons. The van der Waals surface area contributed by atoms with Crippen LogP contribution in [0.3, 0.4) is 0 Å². The van der Waals surface area contributed by atoms with Gasteiger partial charge in [-0.05, 0) is 36.2 Å². The molecular formula is C18H14ClN4O6S2-. The third-order valence-electron chi connectivity index (χ3n) is 3.83. The van der Waals surface area contributed by atoms with E-state index in [9.17, 15) is 23.1 Å². The highest BCUT2D eigenvalue weighted by atomic mass is 35.5. The molecule has 0 radical (unpaired) electrons. The van der Waals surface area contributed by atoms with E-state index in [0.29, 0.717) is 10.7 Å². The number of carboxylic acid groups (broad SMARTS) is 1. The Morgan fingerprint density at radius 3 is 2.71 bits per heavy atom. The van der Waals surface area contributed by atoms with Crippen LogP contribution >= 0.6 is 22.9 Å². The zero-order chi connectivity index (χ0) is 22.6. The molecule has 0 aliphatic carbocycles. The standard InChI is InChI=1S/C18H15ClN4O6S2/c1-10-5-13(19)15(7-14(10)29-8-16(24)21-18-22-20-9-30-18)31(27,28)23-12-4-2-3-11(6-12)17(25)26/h2-7,9,23H,8H2,1H3,(H,25,26)(H,21,22,24)/p-1. The average molecular weight is 482 g/mol. The highest BCUT2D eigenvalue weighted by Crippen LogP contribution is 2.31. The second-order valence-corrected chi connectivity index (χ2v) is 8.99. The molecule has 0 aliphatic heterocycles. The van der Waals surface area contributed by atoms with Crippen LogP contribution in [0.2, 0.25) is 5.02 Å². The number of amides is 1. The van der Waals surface area contributed by atoms with Crippen molar-refractivity contribution in [1.29, 1.82) is 0 Å². The number of rotatable bonds is 8. The molecule has 31 heavy (non-hydrogen) atoms. The lowest BCUT2D eigenvalue weighted by molar-refractivity contribution is -0.255. The van der Waals surface area contributed by atoms with Gasteiger partial charge >= 0.3 is 0 Å². The zero-order valence-corrected chi connectivity index (χ0v) is 18.2. The maximum atomic E-state index is 12.8. The van der Waals surface area contributed by atoms with Crippen LogP contribution in [0.4, 0.5) is 10.8 Å². The van der Waals surface area contributed by atoms with Gasteiger partial charge in [-0.25, -0.2) is 8.42 Å². The summed E-state index contributed by atoms with van der Waals surface area (Å²) in [6.45, 7) is 1.24. The van der Waals surface area contributed by atoms with Crippen LogP contribution in [-0.2, 0) is 14.8 Å². The van der Waals surface area contributed by atoms with Crippen molar-refractivity contribution in [2.45, 2.75) is 11.8 Å². The molecule has 0 aliphatic rings. The Labute approximate surface area is 185 Å². The summed E-state index contributed by atoms with van der Waals surface area (Å²) in [5.74, 6) is -1.83. The number of aromatic carboxylic acids is 1. The van der Waals surface area contributed by atoms with Crippen molar-refractivity contribution in [3.8, 4) is 5.75 Å². The van der Waals surface area contributed by atoms with Crippen molar-refractivity contribution in [2.75, 3.05) is 16.6 Å². The maximum absolute atomic E-state index is 12.8. The van der Waals surface area contributed by atoms with E-state index in [-0.39, 0.29) is 26.9 Å². The monoisotopic (exact) mass is 481 g/mol. The lowest BCUT2D eigenvalue weighted by Gasteiger charge is -2.14. The van der Waals surface area contributed by atoms with Crippen LogP contribution in [0.1, 0.15) is 15.9 Å². The molecule has 3 aromatic rings. The van der Waals surface area contributed by atoms with Gasteiger partial charge in [0.2, 0.25) is 5.13 Å². The van der Waals surface area contributed by atoms with Crippen LogP contribution < -0.4 is 19.9 Å². The van der Waals surface area contributed by atoms with E-state index in [2.05, 4.69) is 20.2 Å². The number of nitrogens with zero attached hydrogens (tertiary/aromatic N) is 2. The van der Waals surface area contributed by atoms with Crippen molar-refractivity contribution >= 4 is 55.7 Å². The van der Waals surface area contributed by atoms with Crippen molar-refractivity contribution in [2.24, 2.45) is 0 Å². The van der Waals surface area contributed by atoms with Crippen molar-refractivity contribution in [3.63, 3.8) is 0 Å². The smallest absolute Gasteiger partial charge is 0.264 e. The number of halogens is 1. The van der Waals surface area contributed by atoms with Crippen LogP contribution in [-0.4, -0.2) is 37.1 Å². The van der Waals surface area contributed by atoms with Crippen LogP contribution in [0.15, 0.2) is 46.8 Å². The summed E-state index contributed by atoms with van der Waals surface area (Å²) in [7, 11) is -4.20. The Morgan fingerprint density at radius 2 is 2.03 bits per heavy atom. The summed E-state index contributed by atoms with van der Waals surface area (Å²) in [5, 5.41) is 21.0. The number of hydrogen-bond acceptors (Lipinski definition) is 9. The SMILES string of the molecule is Cc1cc(Cl)c(S(=O)(=O)Nc2cccc(C(=O)[O-])c2)cc1OCC(=O)Nc1nncs1. The quantitative estimate of drug-likeness (QED) is 0.493. The van der Waals surface area contributed by atoms with Gasteiger partial charge in [0, 0.05) is 11.8 Å². The molecular weight excluding hydrogens is 468 g/mol. The summed E-state index contributed by atoms with van der Waals surface area (Å²) < 4.78 is 33.3. The second kappa shape index (κ2) is 9.29. The van der Waals surface area contributed by atoms with Gasteiger partial charge < -0.3 is 14.6 Å². The van der Waals surface area contributed by atoms with Crippen molar-refractivity contribution in [3.05, 3.63) is 58.1 Å². The number of benzene rings is 2. The topological polar surface area (TPSA) is 150 Å². The molecule has 3 rings (SSSR count). The average Bonchev–Trinajstić information content (AvgIpc) is 3.19.